The van der Waals surface area contributed by atoms with E-state index < -0.39 is 8.80 Å². The Kier molecular flexibility index (Phi) is 10.1. The molecule has 118 valence electrons. The number of nitrogens with one attached hydrogen (secondary N) is 1. The predicted molar refractivity (Wildman–Crippen MR) is 75.7 cm³/mol. The average molecular weight is 323 g/mol. The molecule has 1 heterocycles. The minimum absolute atomic E-state index is 0. The van der Waals surface area contributed by atoms with Gasteiger partial charge in [0.05, 0.1) is 7.05 Å². The molecular weight excluding hydrogens is 296 g/mol. The van der Waals surface area contributed by atoms with Crippen molar-refractivity contribution in [3.05, 3.63) is 18.2 Å². The number of hydrogen-bond donors (Lipinski definition) is 1. The quantitative estimate of drug-likeness (QED) is 0.436. The normalized spacial score (nSPS) is 11.4. The summed E-state index contributed by atoms with van der Waals surface area (Å²) in [6.45, 7) is 7.90. The number of aryl methyl sites for hydroxylation is 2. The highest BCUT2D eigenvalue weighted by Crippen LogP contribution is 2.19. The second-order valence-electron chi connectivity index (χ2n) is 4.35. The van der Waals surface area contributed by atoms with Gasteiger partial charge in [-0.2, -0.15) is 0 Å². The molecule has 0 saturated heterocycles. The Hall–Kier alpha value is -0.403. The summed E-state index contributed by atoms with van der Waals surface area (Å²) in [5, 5.41) is 0. The van der Waals surface area contributed by atoms with Gasteiger partial charge < -0.3 is 25.7 Å². The molecule has 0 bridgehead atoms. The smallest absolute Gasteiger partial charge is 0.500 e. The Morgan fingerprint density at radius 3 is 2.05 bits per heavy atom. The van der Waals surface area contributed by atoms with Gasteiger partial charge >= 0.3 is 8.80 Å². The van der Waals surface area contributed by atoms with Crippen LogP contribution in [0.4, 0.5) is 0 Å². The van der Waals surface area contributed by atoms with E-state index in [4.69, 9.17) is 13.3 Å². The molecule has 0 unspecified atom stereocenters. The molecule has 20 heavy (non-hydrogen) atoms. The molecule has 0 aliphatic heterocycles. The number of hydrogen-bond acceptors (Lipinski definition) is 3. The zero-order valence-corrected chi connectivity index (χ0v) is 14.7. The average Bonchev–Trinajstić information content (AvgIpc) is 2.76. The fourth-order valence-electron chi connectivity index (χ4n) is 2.16. The van der Waals surface area contributed by atoms with Gasteiger partial charge in [0.15, 0.2) is 0 Å². The number of rotatable bonds is 10. The van der Waals surface area contributed by atoms with Crippen LogP contribution in [0.5, 0.6) is 0 Å². The molecule has 0 fully saturated rings. The fourth-order valence-corrected chi connectivity index (χ4v) is 4.77. The highest BCUT2D eigenvalue weighted by molar-refractivity contribution is 6.60. The summed E-state index contributed by atoms with van der Waals surface area (Å²) in [5.41, 5.74) is 0. The van der Waals surface area contributed by atoms with Crippen LogP contribution in [-0.4, -0.2) is 33.6 Å². The third-order valence-electron chi connectivity index (χ3n) is 2.96. The van der Waals surface area contributed by atoms with Gasteiger partial charge in [-0.15, -0.1) is 0 Å². The Bertz CT molecular complexity index is 346. The number of halogens is 1. The van der Waals surface area contributed by atoms with Crippen LogP contribution in [0.2, 0.25) is 6.04 Å². The summed E-state index contributed by atoms with van der Waals surface area (Å²) in [6.07, 6.45) is 5.95. The van der Waals surface area contributed by atoms with Crippen molar-refractivity contribution in [2.24, 2.45) is 7.05 Å². The first kappa shape index (κ1) is 19.6. The van der Waals surface area contributed by atoms with Crippen molar-refractivity contribution in [2.45, 2.75) is 39.7 Å². The maximum atomic E-state index is 5.84. The SMILES string of the molecule is CCO[Si](CCCc1[nH]cc[n+]1C)(OCC)OCC.[Cl-]. The van der Waals surface area contributed by atoms with Crippen LogP contribution < -0.4 is 17.0 Å². The first-order valence-corrected chi connectivity index (χ1v) is 9.04. The molecule has 1 aromatic rings. The van der Waals surface area contributed by atoms with Crippen LogP contribution in [-0.2, 0) is 26.7 Å². The molecule has 0 atom stereocenters. The van der Waals surface area contributed by atoms with Crippen LogP contribution in [0, 0.1) is 0 Å². The number of H-pyrrole nitrogens is 1. The molecule has 1 aromatic heterocycles. The van der Waals surface area contributed by atoms with Gasteiger partial charge in [0.1, 0.15) is 12.4 Å². The van der Waals surface area contributed by atoms with Crippen molar-refractivity contribution in [1.82, 2.24) is 4.98 Å². The molecule has 0 radical (unpaired) electrons. The number of imidazole rings is 1. The van der Waals surface area contributed by atoms with E-state index in [1.807, 2.05) is 40.2 Å². The lowest BCUT2D eigenvalue weighted by atomic mass is 10.3. The molecule has 1 rings (SSSR count). The third kappa shape index (κ3) is 5.93. The lowest BCUT2D eigenvalue weighted by Gasteiger charge is -2.28. The highest BCUT2D eigenvalue weighted by Gasteiger charge is 2.39. The van der Waals surface area contributed by atoms with Crippen molar-refractivity contribution in [3.8, 4) is 0 Å². The second-order valence-corrected chi connectivity index (χ2v) is 7.09. The lowest BCUT2D eigenvalue weighted by molar-refractivity contribution is -0.677. The molecule has 0 aliphatic carbocycles. The van der Waals surface area contributed by atoms with E-state index in [9.17, 15) is 0 Å². The van der Waals surface area contributed by atoms with Crippen molar-refractivity contribution < 1.29 is 30.3 Å². The first-order chi connectivity index (χ1) is 9.17. The number of aromatic nitrogens is 2. The van der Waals surface area contributed by atoms with Crippen molar-refractivity contribution in [1.29, 1.82) is 0 Å². The van der Waals surface area contributed by atoms with Gasteiger partial charge in [0, 0.05) is 32.3 Å². The van der Waals surface area contributed by atoms with E-state index in [1.54, 1.807) is 0 Å². The zero-order valence-electron chi connectivity index (χ0n) is 12.9. The van der Waals surface area contributed by atoms with E-state index in [-0.39, 0.29) is 12.4 Å². The van der Waals surface area contributed by atoms with Gasteiger partial charge in [-0.25, -0.2) is 9.55 Å². The van der Waals surface area contributed by atoms with Crippen molar-refractivity contribution >= 4 is 8.80 Å². The summed E-state index contributed by atoms with van der Waals surface area (Å²) in [4.78, 5) is 3.24. The molecule has 0 aliphatic rings. The number of nitrogens with zero attached hydrogens (tertiary/aromatic N) is 1. The summed E-state index contributed by atoms with van der Waals surface area (Å²) >= 11 is 0. The van der Waals surface area contributed by atoms with E-state index in [0.29, 0.717) is 19.8 Å². The lowest BCUT2D eigenvalue weighted by Crippen LogP contribution is -3.00. The predicted octanol–water partition coefficient (Wildman–Crippen LogP) is -1.18. The molecule has 0 spiro atoms. The third-order valence-corrected chi connectivity index (χ3v) is 6.11. The Balaban J connectivity index is 0.00000361. The Morgan fingerprint density at radius 2 is 1.65 bits per heavy atom. The maximum absolute atomic E-state index is 5.84. The maximum Gasteiger partial charge on any atom is 0.500 e. The van der Waals surface area contributed by atoms with Crippen LogP contribution >= 0.6 is 0 Å². The van der Waals surface area contributed by atoms with Gasteiger partial charge in [0.2, 0.25) is 0 Å². The first-order valence-electron chi connectivity index (χ1n) is 7.11. The zero-order chi connectivity index (χ0) is 14.1. The topological polar surface area (TPSA) is 47.4 Å². The molecular formula is C13H27ClN2O3Si. The highest BCUT2D eigenvalue weighted by atomic mass is 35.5. The van der Waals surface area contributed by atoms with E-state index in [2.05, 4.69) is 9.55 Å². The largest absolute Gasteiger partial charge is 1.00 e. The summed E-state index contributed by atoms with van der Waals surface area (Å²) in [5.74, 6) is 1.22. The van der Waals surface area contributed by atoms with Gasteiger partial charge in [0.25, 0.3) is 5.82 Å². The Labute approximate surface area is 129 Å². The van der Waals surface area contributed by atoms with Crippen LogP contribution in [0.1, 0.15) is 33.0 Å². The summed E-state index contributed by atoms with van der Waals surface area (Å²) < 4.78 is 19.6. The Morgan fingerprint density at radius 1 is 1.10 bits per heavy atom. The monoisotopic (exact) mass is 322 g/mol. The van der Waals surface area contributed by atoms with Gasteiger partial charge in [-0.3, -0.25) is 0 Å². The molecule has 7 heteroatoms. The van der Waals surface area contributed by atoms with Crippen LogP contribution in [0.3, 0.4) is 0 Å². The van der Waals surface area contributed by atoms with E-state index in [0.717, 1.165) is 18.9 Å². The van der Waals surface area contributed by atoms with Crippen molar-refractivity contribution in [3.63, 3.8) is 0 Å². The van der Waals surface area contributed by atoms with Gasteiger partial charge in [-0.05, 0) is 27.2 Å². The second kappa shape index (κ2) is 10.3. The summed E-state index contributed by atoms with van der Waals surface area (Å²) in [6, 6.07) is 0.863. The van der Waals surface area contributed by atoms with Crippen LogP contribution in [0.15, 0.2) is 12.4 Å². The van der Waals surface area contributed by atoms with Crippen molar-refractivity contribution in [2.75, 3.05) is 19.8 Å². The standard InChI is InChI=1S/C13H26N2O3Si.ClH/c1-5-16-19(17-6-2,18-7-3)12-8-9-13-14-10-11-15(13)4;/h10-11H,5-9,12H2,1-4H3;1H. The summed E-state index contributed by atoms with van der Waals surface area (Å²) in [7, 11) is -0.424. The molecule has 0 saturated carbocycles. The number of aromatic amines is 1. The minimum atomic E-state index is -2.47. The van der Waals surface area contributed by atoms with Crippen LogP contribution in [0.25, 0.3) is 0 Å². The molecule has 1 N–H and O–H groups in total. The molecule has 0 aromatic carbocycles. The van der Waals surface area contributed by atoms with Gasteiger partial charge in [-0.1, -0.05) is 0 Å². The fraction of sp³-hybridized carbons (Fsp3) is 0.769. The minimum Gasteiger partial charge on any atom is -1.00 e. The van der Waals surface area contributed by atoms with E-state index >= 15 is 0 Å². The molecule has 0 amide bonds. The molecule has 5 nitrogen and oxygen atoms in total. The van der Waals surface area contributed by atoms with E-state index in [1.165, 1.54) is 5.82 Å².